The summed E-state index contributed by atoms with van der Waals surface area (Å²) in [5.74, 6) is -1.00. The Balaban J connectivity index is 1.55. The lowest BCUT2D eigenvalue weighted by Gasteiger charge is -2.34. The molecular formula is C18H25N3O3S. The van der Waals surface area contributed by atoms with Crippen molar-refractivity contribution in [3.63, 3.8) is 0 Å². The second kappa shape index (κ2) is 7.56. The largest absolute Gasteiger partial charge is 0.347 e. The summed E-state index contributed by atoms with van der Waals surface area (Å²) in [5, 5.41) is 7.10. The number of rotatable bonds is 3. The second-order valence-corrected chi connectivity index (χ2v) is 7.76. The third kappa shape index (κ3) is 3.86. The number of nitrogens with zero attached hydrogens (tertiary/aromatic N) is 2. The fourth-order valence-corrected chi connectivity index (χ4v) is 4.66. The van der Waals surface area contributed by atoms with Crippen molar-refractivity contribution in [2.24, 2.45) is 0 Å². The molecule has 2 fully saturated rings. The highest BCUT2D eigenvalue weighted by Crippen LogP contribution is 2.41. The highest BCUT2D eigenvalue weighted by molar-refractivity contribution is 7.08. The Kier molecular flexibility index (Phi) is 5.42. The molecule has 136 valence electrons. The number of hydrogen-bond acceptors (Lipinski definition) is 4. The van der Waals surface area contributed by atoms with Gasteiger partial charge in [-0.15, -0.1) is 0 Å². The van der Waals surface area contributed by atoms with Crippen LogP contribution in [0.4, 0.5) is 0 Å². The van der Waals surface area contributed by atoms with Crippen molar-refractivity contribution in [2.75, 3.05) is 32.7 Å². The lowest BCUT2D eigenvalue weighted by Crippen LogP contribution is -2.54. The molecule has 7 heteroatoms. The van der Waals surface area contributed by atoms with Crippen LogP contribution in [0.2, 0.25) is 0 Å². The molecule has 0 radical (unpaired) electrons. The minimum absolute atomic E-state index is 0.00971. The quantitative estimate of drug-likeness (QED) is 0.825. The second-order valence-electron chi connectivity index (χ2n) is 6.98. The first kappa shape index (κ1) is 17.9. The summed E-state index contributed by atoms with van der Waals surface area (Å²) in [7, 11) is 0. The van der Waals surface area contributed by atoms with Crippen molar-refractivity contribution >= 4 is 29.1 Å². The van der Waals surface area contributed by atoms with Gasteiger partial charge in [-0.05, 0) is 35.2 Å². The fourth-order valence-electron chi connectivity index (χ4n) is 3.88. The lowest BCUT2D eigenvalue weighted by molar-refractivity contribution is -0.148. The zero-order chi connectivity index (χ0) is 17.9. The molecule has 1 aromatic heterocycles. The predicted molar refractivity (Wildman–Crippen MR) is 96.3 cm³/mol. The van der Waals surface area contributed by atoms with Crippen LogP contribution in [0.25, 0.3) is 0 Å². The Labute approximate surface area is 152 Å². The van der Waals surface area contributed by atoms with Gasteiger partial charge in [0.05, 0.1) is 0 Å². The maximum Gasteiger partial charge on any atom is 0.312 e. The van der Waals surface area contributed by atoms with Crippen LogP contribution in [0.1, 0.15) is 38.2 Å². The molecule has 0 aromatic carbocycles. The highest BCUT2D eigenvalue weighted by atomic mass is 32.1. The van der Waals surface area contributed by atoms with Crippen LogP contribution < -0.4 is 5.32 Å². The first-order valence-corrected chi connectivity index (χ1v) is 9.81. The maximum absolute atomic E-state index is 12.4. The molecule has 3 rings (SSSR count). The van der Waals surface area contributed by atoms with E-state index in [0.29, 0.717) is 32.7 Å². The maximum atomic E-state index is 12.4. The van der Waals surface area contributed by atoms with Crippen molar-refractivity contribution in [3.05, 3.63) is 22.4 Å². The van der Waals surface area contributed by atoms with Gasteiger partial charge in [-0.25, -0.2) is 0 Å². The summed E-state index contributed by atoms with van der Waals surface area (Å²) < 4.78 is 0. The molecule has 0 atom stereocenters. The summed E-state index contributed by atoms with van der Waals surface area (Å²) in [5.41, 5.74) is 1.25. The third-order valence-corrected chi connectivity index (χ3v) is 6.17. The fraction of sp³-hybridized carbons (Fsp3) is 0.611. The predicted octanol–water partition coefficient (Wildman–Crippen LogP) is 1.37. The van der Waals surface area contributed by atoms with Gasteiger partial charge >= 0.3 is 11.8 Å². The third-order valence-electron chi connectivity index (χ3n) is 5.49. The Bertz CT molecular complexity index is 630. The number of amides is 3. The van der Waals surface area contributed by atoms with Crippen molar-refractivity contribution in [3.8, 4) is 0 Å². The Morgan fingerprint density at radius 2 is 1.76 bits per heavy atom. The van der Waals surface area contributed by atoms with Crippen LogP contribution in [0.5, 0.6) is 0 Å². The SMILES string of the molecule is CC(=O)N1CCN(C(=O)C(=O)NCC2(c3ccsc3)CCCC2)CC1. The minimum atomic E-state index is -0.530. The average molecular weight is 363 g/mol. The first-order valence-electron chi connectivity index (χ1n) is 8.87. The average Bonchev–Trinajstić information content (AvgIpc) is 3.31. The molecule has 0 bridgehead atoms. The highest BCUT2D eigenvalue weighted by Gasteiger charge is 2.37. The Hall–Kier alpha value is -1.89. The van der Waals surface area contributed by atoms with Crippen molar-refractivity contribution in [1.82, 2.24) is 15.1 Å². The number of nitrogens with one attached hydrogen (secondary N) is 1. The van der Waals surface area contributed by atoms with Gasteiger partial charge in [-0.1, -0.05) is 12.8 Å². The van der Waals surface area contributed by atoms with E-state index in [1.165, 1.54) is 12.5 Å². The van der Waals surface area contributed by atoms with E-state index >= 15 is 0 Å². The normalized spacial score (nSPS) is 19.7. The number of hydrogen-bond donors (Lipinski definition) is 1. The molecule has 3 amide bonds. The van der Waals surface area contributed by atoms with E-state index in [9.17, 15) is 14.4 Å². The Morgan fingerprint density at radius 3 is 2.32 bits per heavy atom. The van der Waals surface area contributed by atoms with Crippen molar-refractivity contribution in [1.29, 1.82) is 0 Å². The van der Waals surface area contributed by atoms with Gasteiger partial charge < -0.3 is 15.1 Å². The van der Waals surface area contributed by atoms with E-state index in [1.807, 2.05) is 0 Å². The molecule has 1 saturated carbocycles. The van der Waals surface area contributed by atoms with Crippen LogP contribution in [0, 0.1) is 0 Å². The van der Waals surface area contributed by atoms with Gasteiger partial charge in [-0.2, -0.15) is 11.3 Å². The van der Waals surface area contributed by atoms with E-state index in [4.69, 9.17) is 0 Å². The van der Waals surface area contributed by atoms with E-state index in [1.54, 1.807) is 21.1 Å². The smallest absolute Gasteiger partial charge is 0.312 e. The monoisotopic (exact) mass is 363 g/mol. The summed E-state index contributed by atoms with van der Waals surface area (Å²) >= 11 is 1.67. The minimum Gasteiger partial charge on any atom is -0.347 e. The number of piperazine rings is 1. The zero-order valence-corrected chi connectivity index (χ0v) is 15.4. The molecule has 1 aliphatic carbocycles. The zero-order valence-electron chi connectivity index (χ0n) is 14.6. The molecule has 1 N–H and O–H groups in total. The van der Waals surface area contributed by atoms with Gasteiger partial charge in [0.1, 0.15) is 0 Å². The first-order chi connectivity index (χ1) is 12.0. The Morgan fingerprint density at radius 1 is 1.12 bits per heavy atom. The van der Waals surface area contributed by atoms with E-state index in [-0.39, 0.29) is 11.3 Å². The van der Waals surface area contributed by atoms with Crippen LogP contribution in [-0.4, -0.2) is 60.2 Å². The van der Waals surface area contributed by atoms with Gasteiger partial charge in [0, 0.05) is 45.1 Å². The number of carbonyl (C=O) groups is 3. The van der Waals surface area contributed by atoms with Gasteiger partial charge in [-0.3, -0.25) is 14.4 Å². The van der Waals surface area contributed by atoms with E-state index in [0.717, 1.165) is 25.7 Å². The summed E-state index contributed by atoms with van der Waals surface area (Å²) in [6.45, 7) is 3.86. The topological polar surface area (TPSA) is 69.7 Å². The van der Waals surface area contributed by atoms with Crippen LogP contribution in [0.15, 0.2) is 16.8 Å². The van der Waals surface area contributed by atoms with Gasteiger partial charge in [0.15, 0.2) is 0 Å². The molecule has 25 heavy (non-hydrogen) atoms. The lowest BCUT2D eigenvalue weighted by atomic mass is 9.80. The van der Waals surface area contributed by atoms with Crippen molar-refractivity contribution < 1.29 is 14.4 Å². The van der Waals surface area contributed by atoms with E-state index < -0.39 is 11.8 Å². The molecule has 1 saturated heterocycles. The molecule has 1 aromatic rings. The number of thiophene rings is 1. The molecule has 0 spiro atoms. The van der Waals surface area contributed by atoms with Gasteiger partial charge in [0.2, 0.25) is 5.91 Å². The van der Waals surface area contributed by atoms with Crippen LogP contribution in [-0.2, 0) is 19.8 Å². The molecule has 0 unspecified atom stereocenters. The summed E-state index contributed by atoms with van der Waals surface area (Å²) in [4.78, 5) is 39.3. The van der Waals surface area contributed by atoms with E-state index in [2.05, 4.69) is 22.1 Å². The summed E-state index contributed by atoms with van der Waals surface area (Å²) in [6, 6.07) is 2.13. The molecule has 2 heterocycles. The summed E-state index contributed by atoms with van der Waals surface area (Å²) in [6.07, 6.45) is 4.42. The van der Waals surface area contributed by atoms with Crippen molar-refractivity contribution in [2.45, 2.75) is 38.0 Å². The standard InChI is InChI=1S/C18H25N3O3S/c1-14(22)20-7-9-21(10-8-20)17(24)16(23)19-13-18(5-2-3-6-18)15-4-11-25-12-15/h4,11-12H,2-3,5-10,13H2,1H3,(H,19,23). The number of carbonyl (C=O) groups excluding carboxylic acids is 3. The molecular weight excluding hydrogens is 338 g/mol. The van der Waals surface area contributed by atoms with Crippen LogP contribution >= 0.6 is 11.3 Å². The van der Waals surface area contributed by atoms with Gasteiger partial charge in [0.25, 0.3) is 0 Å². The molecule has 1 aliphatic heterocycles. The van der Waals surface area contributed by atoms with Crippen LogP contribution in [0.3, 0.4) is 0 Å². The molecule has 2 aliphatic rings. The molecule has 6 nitrogen and oxygen atoms in total.